The Balaban J connectivity index is 1.64. The molecule has 25 heavy (non-hydrogen) atoms. The van der Waals surface area contributed by atoms with Crippen LogP contribution < -0.4 is 0 Å². The van der Waals surface area contributed by atoms with Gasteiger partial charge in [0.25, 0.3) is 0 Å². The lowest BCUT2D eigenvalue weighted by atomic mass is 9.83. The second-order valence-corrected chi connectivity index (χ2v) is 7.29. The molecule has 0 amide bonds. The fraction of sp³-hybridized carbons (Fsp3) is 0.400. The number of hydrogen-bond acceptors (Lipinski definition) is 4. The summed E-state index contributed by atoms with van der Waals surface area (Å²) in [5.41, 5.74) is 0.830. The van der Waals surface area contributed by atoms with Crippen molar-refractivity contribution in [3.8, 4) is 5.75 Å². The van der Waals surface area contributed by atoms with Crippen LogP contribution in [0.1, 0.15) is 37.0 Å². The molecule has 2 aromatic carbocycles. The highest BCUT2D eigenvalue weighted by atomic mass is 35.5. The molecule has 1 heterocycles. The van der Waals surface area contributed by atoms with Crippen molar-refractivity contribution in [3.05, 3.63) is 64.7 Å². The number of aromatic hydroxyl groups is 1. The number of aliphatic hydroxyl groups excluding tert-OH is 1. The summed E-state index contributed by atoms with van der Waals surface area (Å²) in [5, 5.41) is 31.6. The minimum Gasteiger partial charge on any atom is -0.508 e. The molecule has 1 fully saturated rings. The molecule has 0 saturated carbocycles. The summed E-state index contributed by atoms with van der Waals surface area (Å²) in [6, 6.07) is 14.0. The molecule has 134 valence electrons. The van der Waals surface area contributed by atoms with Gasteiger partial charge in [0.15, 0.2) is 0 Å². The number of halogens is 1. The maximum Gasteiger partial charge on any atom is 0.115 e. The molecule has 2 aromatic rings. The molecule has 1 aliphatic heterocycles. The zero-order valence-corrected chi connectivity index (χ0v) is 15.0. The highest BCUT2D eigenvalue weighted by Gasteiger charge is 2.36. The molecule has 0 unspecified atom stereocenters. The van der Waals surface area contributed by atoms with Gasteiger partial charge in [0.2, 0.25) is 0 Å². The monoisotopic (exact) mass is 361 g/mol. The Kier molecular flexibility index (Phi) is 5.35. The average molecular weight is 362 g/mol. The van der Waals surface area contributed by atoms with Crippen LogP contribution in [0, 0.1) is 0 Å². The van der Waals surface area contributed by atoms with Gasteiger partial charge in [0.05, 0.1) is 11.7 Å². The van der Waals surface area contributed by atoms with Crippen molar-refractivity contribution >= 4 is 11.6 Å². The van der Waals surface area contributed by atoms with Gasteiger partial charge in [-0.25, -0.2) is 0 Å². The molecule has 2 atom stereocenters. The first-order valence-electron chi connectivity index (χ1n) is 8.58. The Morgan fingerprint density at radius 2 is 1.56 bits per heavy atom. The molecule has 0 bridgehead atoms. The van der Waals surface area contributed by atoms with E-state index in [0.29, 0.717) is 31.0 Å². The SMILES string of the molecule is C[C@H]([C@@H](O)c1ccc(O)cc1)N1CCC(O)(c2ccc(Cl)cc2)CC1. The molecule has 0 aromatic heterocycles. The van der Waals surface area contributed by atoms with Gasteiger partial charge < -0.3 is 15.3 Å². The standard InChI is InChI=1S/C20H24ClNO3/c1-14(19(24)15-2-8-18(23)9-3-15)22-12-10-20(25,11-13-22)16-4-6-17(21)7-5-16/h2-9,14,19,23-25H,10-13H2,1H3/t14-,19-/m1/s1. The van der Waals surface area contributed by atoms with Gasteiger partial charge in [-0.2, -0.15) is 0 Å². The summed E-state index contributed by atoms with van der Waals surface area (Å²) in [6.45, 7) is 3.40. The molecule has 0 radical (unpaired) electrons. The zero-order chi connectivity index (χ0) is 18.0. The second-order valence-electron chi connectivity index (χ2n) is 6.85. The van der Waals surface area contributed by atoms with Gasteiger partial charge in [0, 0.05) is 24.2 Å². The van der Waals surface area contributed by atoms with Crippen LogP contribution in [0.4, 0.5) is 0 Å². The molecule has 1 aliphatic rings. The van der Waals surface area contributed by atoms with Gasteiger partial charge in [0.1, 0.15) is 5.75 Å². The van der Waals surface area contributed by atoms with Gasteiger partial charge in [-0.05, 0) is 55.2 Å². The van der Waals surface area contributed by atoms with Crippen molar-refractivity contribution in [2.24, 2.45) is 0 Å². The van der Waals surface area contributed by atoms with Gasteiger partial charge >= 0.3 is 0 Å². The molecule has 4 nitrogen and oxygen atoms in total. The number of phenols is 1. The Labute approximate surface area is 153 Å². The van der Waals surface area contributed by atoms with Crippen LogP contribution in [0.2, 0.25) is 5.02 Å². The third-order valence-electron chi connectivity index (χ3n) is 5.27. The van der Waals surface area contributed by atoms with Crippen molar-refractivity contribution in [2.45, 2.75) is 37.5 Å². The smallest absolute Gasteiger partial charge is 0.115 e. The second kappa shape index (κ2) is 7.34. The van der Waals surface area contributed by atoms with E-state index >= 15 is 0 Å². The number of hydrogen-bond donors (Lipinski definition) is 3. The molecular formula is C20H24ClNO3. The Morgan fingerprint density at radius 3 is 2.12 bits per heavy atom. The van der Waals surface area contributed by atoms with Crippen LogP contribution >= 0.6 is 11.6 Å². The van der Waals surface area contributed by atoms with Crippen molar-refractivity contribution in [1.29, 1.82) is 0 Å². The van der Waals surface area contributed by atoms with Crippen LogP contribution in [0.5, 0.6) is 5.75 Å². The number of phenolic OH excluding ortho intramolecular Hbond substituents is 1. The molecule has 1 saturated heterocycles. The first-order chi connectivity index (χ1) is 11.9. The van der Waals surface area contributed by atoms with Crippen LogP contribution in [0.25, 0.3) is 0 Å². The lowest BCUT2D eigenvalue weighted by Gasteiger charge is -2.42. The van der Waals surface area contributed by atoms with Gasteiger partial charge in [-0.3, -0.25) is 4.90 Å². The summed E-state index contributed by atoms with van der Waals surface area (Å²) >= 11 is 5.93. The minimum absolute atomic E-state index is 0.0701. The number of likely N-dealkylation sites (tertiary alicyclic amines) is 1. The number of rotatable bonds is 4. The molecule has 0 aliphatic carbocycles. The summed E-state index contributed by atoms with van der Waals surface area (Å²) < 4.78 is 0. The predicted molar refractivity (Wildman–Crippen MR) is 98.7 cm³/mol. The average Bonchev–Trinajstić information content (AvgIpc) is 2.62. The van der Waals surface area contributed by atoms with E-state index in [2.05, 4.69) is 4.90 Å². The number of piperidine rings is 1. The predicted octanol–water partition coefficient (Wildman–Crippen LogP) is 3.45. The largest absolute Gasteiger partial charge is 0.508 e. The topological polar surface area (TPSA) is 63.9 Å². The molecule has 5 heteroatoms. The minimum atomic E-state index is -0.843. The van der Waals surface area contributed by atoms with E-state index in [0.717, 1.165) is 11.1 Å². The van der Waals surface area contributed by atoms with E-state index in [1.54, 1.807) is 36.4 Å². The first-order valence-corrected chi connectivity index (χ1v) is 8.96. The van der Waals surface area contributed by atoms with E-state index in [1.165, 1.54) is 0 Å². The summed E-state index contributed by atoms with van der Waals surface area (Å²) in [5.74, 6) is 0.189. The third-order valence-corrected chi connectivity index (χ3v) is 5.53. The van der Waals surface area contributed by atoms with Crippen molar-refractivity contribution in [1.82, 2.24) is 4.90 Å². The molecule has 3 rings (SSSR count). The Morgan fingerprint density at radius 1 is 1.00 bits per heavy atom. The van der Waals surface area contributed by atoms with Gasteiger partial charge in [-0.1, -0.05) is 35.9 Å². The quantitative estimate of drug-likeness (QED) is 0.780. The first kappa shape index (κ1) is 18.2. The lowest BCUT2D eigenvalue weighted by Crippen LogP contribution is -2.47. The number of benzene rings is 2. The fourth-order valence-electron chi connectivity index (χ4n) is 3.50. The third kappa shape index (κ3) is 3.98. The van der Waals surface area contributed by atoms with E-state index < -0.39 is 11.7 Å². The number of nitrogens with zero attached hydrogens (tertiary/aromatic N) is 1. The van der Waals surface area contributed by atoms with Crippen LogP contribution in [-0.2, 0) is 5.60 Å². The van der Waals surface area contributed by atoms with Crippen molar-refractivity contribution in [2.75, 3.05) is 13.1 Å². The molecule has 3 N–H and O–H groups in total. The van der Waals surface area contributed by atoms with Gasteiger partial charge in [-0.15, -0.1) is 0 Å². The summed E-state index contributed by atoms with van der Waals surface area (Å²) in [7, 11) is 0. The van der Waals surface area contributed by atoms with E-state index in [9.17, 15) is 15.3 Å². The maximum absolute atomic E-state index is 11.0. The zero-order valence-electron chi connectivity index (χ0n) is 14.3. The van der Waals surface area contributed by atoms with Crippen LogP contribution in [-0.4, -0.2) is 39.4 Å². The van der Waals surface area contributed by atoms with E-state index in [-0.39, 0.29) is 11.8 Å². The van der Waals surface area contributed by atoms with Crippen LogP contribution in [0.3, 0.4) is 0 Å². The fourth-order valence-corrected chi connectivity index (χ4v) is 3.63. The van der Waals surface area contributed by atoms with E-state index in [4.69, 9.17) is 11.6 Å². The van der Waals surface area contributed by atoms with Crippen LogP contribution in [0.15, 0.2) is 48.5 Å². The number of aliphatic hydroxyl groups is 2. The highest BCUT2D eigenvalue weighted by Crippen LogP contribution is 2.35. The highest BCUT2D eigenvalue weighted by molar-refractivity contribution is 6.30. The Bertz CT molecular complexity index is 694. The van der Waals surface area contributed by atoms with Crippen molar-refractivity contribution in [3.63, 3.8) is 0 Å². The lowest BCUT2D eigenvalue weighted by molar-refractivity contribution is -0.0501. The normalized spacial score (nSPS) is 20.2. The van der Waals surface area contributed by atoms with Crippen molar-refractivity contribution < 1.29 is 15.3 Å². The Hall–Kier alpha value is -1.59. The molecular weight excluding hydrogens is 338 g/mol. The summed E-state index contributed by atoms with van der Waals surface area (Å²) in [4.78, 5) is 2.20. The summed E-state index contributed by atoms with van der Waals surface area (Å²) in [6.07, 6.45) is 0.588. The molecule has 0 spiro atoms. The van der Waals surface area contributed by atoms with E-state index in [1.807, 2.05) is 19.1 Å². The maximum atomic E-state index is 11.0.